The number of hydrogen-bond acceptors (Lipinski definition) is 2. The van der Waals surface area contributed by atoms with Gasteiger partial charge in [-0.25, -0.2) is 0 Å². The van der Waals surface area contributed by atoms with E-state index in [1.165, 1.54) is 32.1 Å². The quantitative estimate of drug-likeness (QED) is 0.514. The molecule has 1 aromatic carbocycles. The van der Waals surface area contributed by atoms with Crippen molar-refractivity contribution in [3.63, 3.8) is 0 Å². The largest absolute Gasteiger partial charge is 2.00 e. The average Bonchev–Trinajstić information content (AvgIpc) is 2.40. The molecular formula is C17H26NiO2. The molecule has 0 aromatic heterocycles. The van der Waals surface area contributed by atoms with Crippen molar-refractivity contribution in [3.8, 4) is 11.5 Å². The number of aryl methyl sites for hydroxylation is 2. The van der Waals surface area contributed by atoms with Crippen LogP contribution < -0.4 is 10.2 Å². The molecular weight excluding hydrogens is 295 g/mol. The Bertz CT molecular complexity index is 377. The Morgan fingerprint density at radius 3 is 1.55 bits per heavy atom. The van der Waals surface area contributed by atoms with Gasteiger partial charge in [0.2, 0.25) is 0 Å². The van der Waals surface area contributed by atoms with Gasteiger partial charge < -0.3 is 10.2 Å². The van der Waals surface area contributed by atoms with E-state index < -0.39 is 0 Å². The maximum atomic E-state index is 11.5. The summed E-state index contributed by atoms with van der Waals surface area (Å²) in [7, 11) is 0. The molecule has 0 spiro atoms. The molecule has 0 aliphatic rings. The number of rotatable bonds is 9. The van der Waals surface area contributed by atoms with Crippen LogP contribution in [0.4, 0.5) is 0 Å². The molecule has 20 heavy (non-hydrogen) atoms. The normalized spacial score (nSPS) is 10.3. The van der Waals surface area contributed by atoms with Gasteiger partial charge in [0.25, 0.3) is 0 Å². The first-order valence-electron chi connectivity index (χ1n) is 7.68. The molecule has 0 saturated heterocycles. The number of benzene rings is 1. The molecule has 0 bridgehead atoms. The van der Waals surface area contributed by atoms with Crippen molar-refractivity contribution >= 4 is 0 Å². The fraction of sp³-hybridized carbons (Fsp3) is 0.647. The Balaban J connectivity index is 0.00000361. The van der Waals surface area contributed by atoms with Crippen LogP contribution in [0.25, 0.3) is 0 Å². The Kier molecular flexibility index (Phi) is 10.6. The average molecular weight is 321 g/mol. The van der Waals surface area contributed by atoms with E-state index in [4.69, 9.17) is 0 Å². The Labute approximate surface area is 133 Å². The van der Waals surface area contributed by atoms with Gasteiger partial charge in [-0.2, -0.15) is 0 Å². The molecule has 0 N–H and O–H groups in total. The second-order valence-corrected chi connectivity index (χ2v) is 5.34. The molecule has 0 radical (unpaired) electrons. The predicted molar refractivity (Wildman–Crippen MR) is 76.4 cm³/mol. The molecule has 0 atom stereocenters. The van der Waals surface area contributed by atoms with E-state index in [1.807, 2.05) is 0 Å². The summed E-state index contributed by atoms with van der Waals surface area (Å²) in [5.74, 6) is -0.687. The molecule has 2 nitrogen and oxygen atoms in total. The second-order valence-electron chi connectivity index (χ2n) is 5.34. The van der Waals surface area contributed by atoms with Gasteiger partial charge in [-0.1, -0.05) is 58.1 Å². The first-order valence-corrected chi connectivity index (χ1v) is 7.68. The van der Waals surface area contributed by atoms with E-state index in [0.29, 0.717) is 0 Å². The van der Waals surface area contributed by atoms with Crippen molar-refractivity contribution in [2.75, 3.05) is 0 Å². The molecule has 0 aliphatic heterocycles. The van der Waals surface area contributed by atoms with E-state index in [9.17, 15) is 10.2 Å². The smallest absolute Gasteiger partial charge is 0.873 e. The van der Waals surface area contributed by atoms with Gasteiger partial charge in [0.15, 0.2) is 0 Å². The summed E-state index contributed by atoms with van der Waals surface area (Å²) in [5.41, 5.74) is 2.21. The molecule has 0 aliphatic carbocycles. The third-order valence-corrected chi connectivity index (χ3v) is 3.62. The third kappa shape index (κ3) is 6.65. The van der Waals surface area contributed by atoms with Crippen molar-refractivity contribution in [2.24, 2.45) is 0 Å². The zero-order valence-corrected chi connectivity index (χ0v) is 13.6. The van der Waals surface area contributed by atoms with Gasteiger partial charge in [-0.15, -0.1) is 11.5 Å². The Morgan fingerprint density at radius 1 is 0.700 bits per heavy atom. The van der Waals surface area contributed by atoms with Gasteiger partial charge in [-0.05, 0) is 36.8 Å². The van der Waals surface area contributed by atoms with Crippen molar-refractivity contribution < 1.29 is 26.7 Å². The van der Waals surface area contributed by atoms with Crippen molar-refractivity contribution in [1.82, 2.24) is 0 Å². The molecule has 0 amide bonds. The van der Waals surface area contributed by atoms with Gasteiger partial charge >= 0.3 is 16.5 Å². The van der Waals surface area contributed by atoms with E-state index in [0.717, 1.165) is 36.8 Å². The minimum Gasteiger partial charge on any atom is -0.873 e. The van der Waals surface area contributed by atoms with Gasteiger partial charge in [0.05, 0.1) is 0 Å². The summed E-state index contributed by atoms with van der Waals surface area (Å²) in [4.78, 5) is 0. The molecule has 0 fully saturated rings. The zero-order chi connectivity index (χ0) is 14.1. The monoisotopic (exact) mass is 320 g/mol. The summed E-state index contributed by atoms with van der Waals surface area (Å²) in [6.07, 6.45) is 10.1. The van der Waals surface area contributed by atoms with Crippen LogP contribution in [0.3, 0.4) is 0 Å². The fourth-order valence-electron chi connectivity index (χ4n) is 2.42. The molecule has 1 aromatic rings. The van der Waals surface area contributed by atoms with E-state index in [1.54, 1.807) is 12.1 Å². The minimum atomic E-state index is -0.344. The first kappa shape index (κ1) is 19.3. The Morgan fingerprint density at radius 2 is 1.10 bits per heavy atom. The molecule has 0 unspecified atom stereocenters. The van der Waals surface area contributed by atoms with Crippen LogP contribution in [-0.2, 0) is 29.3 Å². The number of hydrogen-bond donors (Lipinski definition) is 0. The molecule has 116 valence electrons. The van der Waals surface area contributed by atoms with Crippen molar-refractivity contribution in [1.29, 1.82) is 0 Å². The van der Waals surface area contributed by atoms with Crippen molar-refractivity contribution in [2.45, 2.75) is 71.6 Å². The summed E-state index contributed by atoms with van der Waals surface area (Å²) >= 11 is 0. The Hall–Kier alpha value is -0.686. The molecule has 1 rings (SSSR count). The van der Waals surface area contributed by atoms with E-state index >= 15 is 0 Å². The minimum absolute atomic E-state index is 0. The first-order chi connectivity index (χ1) is 9.19. The molecule has 0 saturated carbocycles. The van der Waals surface area contributed by atoms with Crippen LogP contribution in [0, 0.1) is 0 Å². The van der Waals surface area contributed by atoms with Crippen LogP contribution in [0.5, 0.6) is 11.5 Å². The van der Waals surface area contributed by atoms with Crippen LogP contribution in [0.15, 0.2) is 12.1 Å². The van der Waals surface area contributed by atoms with Gasteiger partial charge in [0, 0.05) is 0 Å². The van der Waals surface area contributed by atoms with Gasteiger partial charge in [0.1, 0.15) is 0 Å². The summed E-state index contributed by atoms with van der Waals surface area (Å²) in [5, 5.41) is 23.0. The summed E-state index contributed by atoms with van der Waals surface area (Å²) < 4.78 is 0. The predicted octanol–water partition coefficient (Wildman–Crippen LogP) is 3.69. The third-order valence-electron chi connectivity index (χ3n) is 3.62. The topological polar surface area (TPSA) is 46.1 Å². The summed E-state index contributed by atoms with van der Waals surface area (Å²) in [6.45, 7) is 4.36. The van der Waals surface area contributed by atoms with Crippen LogP contribution in [0.1, 0.15) is 69.9 Å². The zero-order valence-electron chi connectivity index (χ0n) is 12.7. The SMILES string of the molecule is CCCCCCc1cc([O-])c([O-])cc1CCCCC.[Ni+2]. The standard InChI is InChI=1S/C17H28O2.Ni/c1-3-5-7-9-11-15-13-17(19)16(18)12-14(15)10-8-6-4-2;/h12-13,18-19H,3-11H2,1-2H3;/q;+2/p-2. The molecule has 3 heteroatoms. The maximum Gasteiger partial charge on any atom is 2.00 e. The van der Waals surface area contributed by atoms with Gasteiger partial charge in [-0.3, -0.25) is 0 Å². The maximum absolute atomic E-state index is 11.5. The van der Waals surface area contributed by atoms with Crippen molar-refractivity contribution in [3.05, 3.63) is 23.3 Å². The number of unbranched alkanes of at least 4 members (excludes halogenated alkanes) is 5. The van der Waals surface area contributed by atoms with Crippen LogP contribution in [0.2, 0.25) is 0 Å². The fourth-order valence-corrected chi connectivity index (χ4v) is 2.42. The molecule has 0 heterocycles. The van der Waals surface area contributed by atoms with E-state index in [-0.39, 0.29) is 28.0 Å². The summed E-state index contributed by atoms with van der Waals surface area (Å²) in [6, 6.07) is 3.16. The van der Waals surface area contributed by atoms with E-state index in [2.05, 4.69) is 13.8 Å². The van der Waals surface area contributed by atoms with Crippen LogP contribution >= 0.6 is 0 Å². The second kappa shape index (κ2) is 11.0. The van der Waals surface area contributed by atoms with Crippen LogP contribution in [-0.4, -0.2) is 0 Å².